The van der Waals surface area contributed by atoms with Gasteiger partial charge in [-0.2, -0.15) is 0 Å². The molecule has 86 valence electrons. The molecule has 0 radical (unpaired) electrons. The van der Waals surface area contributed by atoms with Crippen molar-refractivity contribution in [1.82, 2.24) is 10.2 Å². The lowest BCUT2D eigenvalue weighted by Gasteiger charge is -2.36. The molecule has 1 N–H and O–H groups in total. The summed E-state index contributed by atoms with van der Waals surface area (Å²) in [6, 6.07) is 0.419. The van der Waals surface area contributed by atoms with Crippen LogP contribution in [0, 0.1) is 0 Å². The third kappa shape index (κ3) is 4.04. The van der Waals surface area contributed by atoms with Gasteiger partial charge in [0.25, 0.3) is 0 Å². The zero-order valence-corrected chi connectivity index (χ0v) is 10.0. The predicted molar refractivity (Wildman–Crippen MR) is 62.7 cm³/mol. The average molecular weight is 210 g/mol. The van der Waals surface area contributed by atoms with Crippen molar-refractivity contribution in [3.63, 3.8) is 0 Å². The predicted octanol–water partition coefficient (Wildman–Crippen LogP) is 1.55. The molecule has 3 nitrogen and oxygen atoms in total. The normalized spacial score (nSPS) is 22.6. The monoisotopic (exact) mass is 210 g/mol. The fraction of sp³-hybridized carbons (Fsp3) is 0.750. The second-order valence-electron chi connectivity index (χ2n) is 5.22. The second-order valence-corrected chi connectivity index (χ2v) is 5.22. The molecule has 1 aliphatic rings. The molecule has 1 unspecified atom stereocenters. The molecular weight excluding hydrogens is 188 g/mol. The van der Waals surface area contributed by atoms with Crippen LogP contribution in [0.3, 0.4) is 0 Å². The van der Waals surface area contributed by atoms with Crippen LogP contribution in [0.15, 0.2) is 12.7 Å². The first-order chi connectivity index (χ1) is 6.92. The molecule has 3 heteroatoms. The van der Waals surface area contributed by atoms with Gasteiger partial charge in [-0.05, 0) is 39.7 Å². The van der Waals surface area contributed by atoms with Crippen LogP contribution in [0.5, 0.6) is 0 Å². The molecule has 0 aromatic heterocycles. The van der Waals surface area contributed by atoms with Gasteiger partial charge in [-0.25, -0.2) is 0 Å². The summed E-state index contributed by atoms with van der Waals surface area (Å²) in [4.78, 5) is 13.3. The number of hydrogen-bond acceptors (Lipinski definition) is 2. The van der Waals surface area contributed by atoms with E-state index in [0.29, 0.717) is 6.04 Å². The molecule has 1 heterocycles. The van der Waals surface area contributed by atoms with Gasteiger partial charge in [0.05, 0.1) is 0 Å². The van der Waals surface area contributed by atoms with Gasteiger partial charge < -0.3 is 10.2 Å². The maximum absolute atomic E-state index is 11.5. The maximum Gasteiger partial charge on any atom is 0.246 e. The summed E-state index contributed by atoms with van der Waals surface area (Å²) in [7, 11) is 0. The van der Waals surface area contributed by atoms with Crippen molar-refractivity contribution in [2.45, 2.75) is 45.2 Å². The molecule has 1 rings (SSSR count). The zero-order valence-electron chi connectivity index (χ0n) is 10.0. The minimum absolute atomic E-state index is 0.0513. The Hall–Kier alpha value is -0.830. The molecule has 1 atom stereocenters. The minimum atomic E-state index is 0.0513. The van der Waals surface area contributed by atoms with Crippen LogP contribution < -0.4 is 5.32 Å². The Labute approximate surface area is 92.5 Å². The molecule has 0 aromatic carbocycles. The number of amides is 1. The number of rotatable bonds is 2. The van der Waals surface area contributed by atoms with Crippen molar-refractivity contribution in [1.29, 1.82) is 0 Å². The molecule has 0 spiro atoms. The van der Waals surface area contributed by atoms with Crippen LogP contribution in [-0.2, 0) is 4.79 Å². The maximum atomic E-state index is 11.5. The van der Waals surface area contributed by atoms with Gasteiger partial charge in [0.2, 0.25) is 5.91 Å². The third-order valence-corrected chi connectivity index (χ3v) is 2.54. The number of likely N-dealkylation sites (tertiary alicyclic amines) is 1. The van der Waals surface area contributed by atoms with Crippen molar-refractivity contribution in [2.75, 3.05) is 13.1 Å². The standard InChI is InChI=1S/C12H22N2O/c1-5-11(15)14-8-6-7-10(9-14)13-12(2,3)4/h5,10,13H,1,6-9H2,2-4H3. The van der Waals surface area contributed by atoms with Crippen molar-refractivity contribution >= 4 is 5.91 Å². The molecule has 1 fully saturated rings. The van der Waals surface area contributed by atoms with Crippen LogP contribution in [0.25, 0.3) is 0 Å². The first-order valence-corrected chi connectivity index (χ1v) is 5.61. The van der Waals surface area contributed by atoms with E-state index >= 15 is 0 Å². The Kier molecular flexibility index (Phi) is 3.91. The Morgan fingerprint density at radius 2 is 2.20 bits per heavy atom. The molecule has 1 saturated heterocycles. The van der Waals surface area contributed by atoms with Crippen LogP contribution in [-0.4, -0.2) is 35.5 Å². The van der Waals surface area contributed by atoms with E-state index in [-0.39, 0.29) is 11.4 Å². The van der Waals surface area contributed by atoms with Crippen molar-refractivity contribution in [2.24, 2.45) is 0 Å². The van der Waals surface area contributed by atoms with Gasteiger partial charge in [0, 0.05) is 24.7 Å². The van der Waals surface area contributed by atoms with Crippen molar-refractivity contribution in [3.05, 3.63) is 12.7 Å². The summed E-state index contributed by atoms with van der Waals surface area (Å²) < 4.78 is 0. The summed E-state index contributed by atoms with van der Waals surface area (Å²) >= 11 is 0. The molecule has 0 bridgehead atoms. The number of carbonyl (C=O) groups is 1. The van der Waals surface area contributed by atoms with Crippen LogP contribution >= 0.6 is 0 Å². The second kappa shape index (κ2) is 4.79. The quantitative estimate of drug-likeness (QED) is 0.701. The fourth-order valence-corrected chi connectivity index (χ4v) is 2.04. The lowest BCUT2D eigenvalue weighted by Crippen LogP contribution is -2.52. The SMILES string of the molecule is C=CC(=O)N1CCCC(NC(C)(C)C)C1. The van der Waals surface area contributed by atoms with Gasteiger partial charge in [-0.1, -0.05) is 6.58 Å². The number of piperidine rings is 1. The molecule has 1 amide bonds. The zero-order chi connectivity index (χ0) is 11.5. The van der Waals surface area contributed by atoms with E-state index in [1.54, 1.807) is 0 Å². The number of nitrogens with zero attached hydrogens (tertiary/aromatic N) is 1. The Bertz CT molecular complexity index is 242. The number of nitrogens with one attached hydrogen (secondary N) is 1. The van der Waals surface area contributed by atoms with Gasteiger partial charge in [-0.15, -0.1) is 0 Å². The first kappa shape index (κ1) is 12.2. The van der Waals surface area contributed by atoms with Crippen molar-refractivity contribution in [3.8, 4) is 0 Å². The molecule has 1 aliphatic heterocycles. The van der Waals surface area contributed by atoms with E-state index in [4.69, 9.17) is 0 Å². The lowest BCUT2D eigenvalue weighted by atomic mass is 10.0. The Morgan fingerprint density at radius 1 is 1.53 bits per heavy atom. The average Bonchev–Trinajstić information content (AvgIpc) is 2.14. The highest BCUT2D eigenvalue weighted by molar-refractivity contribution is 5.87. The van der Waals surface area contributed by atoms with Crippen LogP contribution in [0.1, 0.15) is 33.6 Å². The smallest absolute Gasteiger partial charge is 0.246 e. The molecule has 0 saturated carbocycles. The molecular formula is C12H22N2O. The molecule has 0 aromatic rings. The van der Waals surface area contributed by atoms with E-state index in [0.717, 1.165) is 25.9 Å². The third-order valence-electron chi connectivity index (χ3n) is 2.54. The molecule has 15 heavy (non-hydrogen) atoms. The summed E-state index contributed by atoms with van der Waals surface area (Å²) in [6.07, 6.45) is 3.63. The van der Waals surface area contributed by atoms with E-state index in [1.807, 2.05) is 4.90 Å². The Morgan fingerprint density at radius 3 is 2.73 bits per heavy atom. The number of hydrogen-bond donors (Lipinski definition) is 1. The van der Waals surface area contributed by atoms with Gasteiger partial charge >= 0.3 is 0 Å². The highest BCUT2D eigenvalue weighted by atomic mass is 16.2. The van der Waals surface area contributed by atoms with E-state index in [2.05, 4.69) is 32.7 Å². The lowest BCUT2D eigenvalue weighted by molar-refractivity contribution is -0.127. The topological polar surface area (TPSA) is 32.3 Å². The van der Waals surface area contributed by atoms with E-state index in [9.17, 15) is 4.79 Å². The van der Waals surface area contributed by atoms with E-state index in [1.165, 1.54) is 6.08 Å². The largest absolute Gasteiger partial charge is 0.338 e. The summed E-state index contributed by atoms with van der Waals surface area (Å²) in [5.41, 5.74) is 0.116. The highest BCUT2D eigenvalue weighted by Crippen LogP contribution is 2.13. The first-order valence-electron chi connectivity index (χ1n) is 5.61. The Balaban J connectivity index is 2.49. The minimum Gasteiger partial charge on any atom is -0.338 e. The van der Waals surface area contributed by atoms with E-state index < -0.39 is 0 Å². The fourth-order valence-electron chi connectivity index (χ4n) is 2.04. The van der Waals surface area contributed by atoms with Crippen LogP contribution in [0.2, 0.25) is 0 Å². The van der Waals surface area contributed by atoms with Crippen molar-refractivity contribution < 1.29 is 4.79 Å². The highest BCUT2D eigenvalue weighted by Gasteiger charge is 2.24. The van der Waals surface area contributed by atoms with Gasteiger partial charge in [0.15, 0.2) is 0 Å². The van der Waals surface area contributed by atoms with Gasteiger partial charge in [0.1, 0.15) is 0 Å². The summed E-state index contributed by atoms with van der Waals surface area (Å²) in [5, 5.41) is 3.54. The summed E-state index contributed by atoms with van der Waals surface area (Å²) in [6.45, 7) is 11.7. The molecule has 0 aliphatic carbocycles. The van der Waals surface area contributed by atoms with Crippen LogP contribution in [0.4, 0.5) is 0 Å². The number of carbonyl (C=O) groups excluding carboxylic acids is 1. The summed E-state index contributed by atoms with van der Waals surface area (Å²) in [5.74, 6) is 0.0513. The van der Waals surface area contributed by atoms with Gasteiger partial charge in [-0.3, -0.25) is 4.79 Å².